The summed E-state index contributed by atoms with van der Waals surface area (Å²) < 4.78 is 6.18. The van der Waals surface area contributed by atoms with Crippen molar-refractivity contribution in [1.29, 1.82) is 0 Å². The molecule has 1 saturated carbocycles. The Morgan fingerprint density at radius 2 is 1.88 bits per heavy atom. The third-order valence-corrected chi connectivity index (χ3v) is 5.70. The molecule has 2 amide bonds. The Hall–Kier alpha value is -1.95. The van der Waals surface area contributed by atoms with Gasteiger partial charge >= 0.3 is 0 Å². The Balaban J connectivity index is 1.29. The molecule has 25 heavy (non-hydrogen) atoms. The van der Waals surface area contributed by atoms with Gasteiger partial charge in [-0.1, -0.05) is 0 Å². The molecule has 1 atom stereocenters. The largest absolute Gasteiger partial charge is 0.362 e. The van der Waals surface area contributed by atoms with Gasteiger partial charge in [-0.2, -0.15) is 0 Å². The third kappa shape index (κ3) is 3.68. The lowest BCUT2D eigenvalue weighted by atomic mass is 9.88. The fourth-order valence-corrected chi connectivity index (χ4v) is 3.84. The van der Waals surface area contributed by atoms with Crippen molar-refractivity contribution in [3.8, 4) is 0 Å². The maximum atomic E-state index is 12.5. The average Bonchev–Trinajstić information content (AvgIpc) is 3.40. The fraction of sp³-hybridized carbons (Fsp3) is 0.632. The van der Waals surface area contributed by atoms with E-state index in [4.69, 9.17) is 4.74 Å². The van der Waals surface area contributed by atoms with Crippen LogP contribution >= 0.6 is 0 Å². The van der Waals surface area contributed by atoms with Crippen molar-refractivity contribution in [2.45, 2.75) is 50.2 Å². The molecule has 0 aromatic carbocycles. The van der Waals surface area contributed by atoms with Gasteiger partial charge in [0.25, 0.3) is 5.91 Å². The Morgan fingerprint density at radius 3 is 2.56 bits per heavy atom. The summed E-state index contributed by atoms with van der Waals surface area (Å²) >= 11 is 0. The summed E-state index contributed by atoms with van der Waals surface area (Å²) in [5, 5.41) is 3.02. The van der Waals surface area contributed by atoms with E-state index in [1.54, 1.807) is 24.5 Å². The molecular weight excluding hydrogens is 318 g/mol. The van der Waals surface area contributed by atoms with Crippen LogP contribution in [0, 0.1) is 5.92 Å². The average molecular weight is 343 g/mol. The summed E-state index contributed by atoms with van der Waals surface area (Å²) in [4.78, 5) is 30.6. The second kappa shape index (κ2) is 6.75. The number of pyridine rings is 1. The molecule has 4 rings (SSSR count). The van der Waals surface area contributed by atoms with Gasteiger partial charge in [-0.25, -0.2) is 0 Å². The number of nitrogens with zero attached hydrogens (tertiary/aromatic N) is 2. The molecule has 3 fully saturated rings. The summed E-state index contributed by atoms with van der Waals surface area (Å²) in [6.07, 6.45) is 8.73. The molecule has 2 saturated heterocycles. The number of ether oxygens (including phenoxy) is 1. The summed E-state index contributed by atoms with van der Waals surface area (Å²) in [6.45, 7) is 2.15. The van der Waals surface area contributed by atoms with Crippen LogP contribution in [0.2, 0.25) is 0 Å². The molecule has 1 N–H and O–H groups in total. The Labute approximate surface area is 147 Å². The van der Waals surface area contributed by atoms with E-state index in [-0.39, 0.29) is 23.5 Å². The topological polar surface area (TPSA) is 71.5 Å². The molecule has 0 unspecified atom stereocenters. The highest BCUT2D eigenvalue weighted by Crippen LogP contribution is 2.39. The molecule has 2 aliphatic heterocycles. The van der Waals surface area contributed by atoms with Crippen LogP contribution in [0.25, 0.3) is 0 Å². The third-order valence-electron chi connectivity index (χ3n) is 5.70. The lowest BCUT2D eigenvalue weighted by Crippen LogP contribution is -2.47. The molecule has 0 bridgehead atoms. The highest BCUT2D eigenvalue weighted by molar-refractivity contribution is 5.94. The minimum atomic E-state index is -0.318. The number of rotatable bonds is 4. The van der Waals surface area contributed by atoms with Crippen molar-refractivity contribution in [2.24, 2.45) is 5.92 Å². The molecule has 134 valence electrons. The van der Waals surface area contributed by atoms with E-state index in [0.717, 1.165) is 32.2 Å². The molecule has 1 spiro atoms. The lowest BCUT2D eigenvalue weighted by molar-refractivity contribution is -0.140. The Kier molecular flexibility index (Phi) is 4.46. The molecule has 6 heteroatoms. The molecule has 1 aromatic heterocycles. The second-order valence-corrected chi connectivity index (χ2v) is 7.54. The molecular formula is C19H25N3O3. The van der Waals surface area contributed by atoms with E-state index in [1.165, 1.54) is 12.8 Å². The SMILES string of the molecule is O=C(NCC1CC1)[C@H]1CCC2(CCN(C(=O)c3ccncc3)CC2)O1. The zero-order chi connectivity index (χ0) is 17.3. The van der Waals surface area contributed by atoms with Crippen molar-refractivity contribution >= 4 is 11.8 Å². The van der Waals surface area contributed by atoms with Crippen LogP contribution in [0.4, 0.5) is 0 Å². The Morgan fingerprint density at radius 1 is 1.16 bits per heavy atom. The van der Waals surface area contributed by atoms with Crippen molar-refractivity contribution in [3.63, 3.8) is 0 Å². The summed E-state index contributed by atoms with van der Waals surface area (Å²) in [5.74, 6) is 0.773. The number of hydrogen-bond donors (Lipinski definition) is 1. The smallest absolute Gasteiger partial charge is 0.253 e. The number of aromatic nitrogens is 1. The van der Waals surface area contributed by atoms with E-state index in [9.17, 15) is 9.59 Å². The molecule has 3 aliphatic rings. The molecule has 6 nitrogen and oxygen atoms in total. The van der Waals surface area contributed by atoms with Crippen molar-refractivity contribution in [1.82, 2.24) is 15.2 Å². The van der Waals surface area contributed by atoms with Gasteiger partial charge in [0.15, 0.2) is 0 Å². The van der Waals surface area contributed by atoms with Crippen LogP contribution in [0.5, 0.6) is 0 Å². The second-order valence-electron chi connectivity index (χ2n) is 7.54. The standard InChI is InChI=1S/C19H25N3O3/c23-17(21-13-14-1-2-14)16-3-6-19(25-16)7-11-22(12-8-19)18(24)15-4-9-20-10-5-15/h4-5,9-10,14,16H,1-3,6-8,11-13H2,(H,21,23)/t16-/m1/s1. The van der Waals surface area contributed by atoms with Crippen molar-refractivity contribution < 1.29 is 14.3 Å². The van der Waals surface area contributed by atoms with E-state index >= 15 is 0 Å². The lowest BCUT2D eigenvalue weighted by Gasteiger charge is -2.39. The van der Waals surface area contributed by atoms with Gasteiger partial charge in [-0.15, -0.1) is 0 Å². The first-order valence-electron chi connectivity index (χ1n) is 9.30. The van der Waals surface area contributed by atoms with Crippen molar-refractivity contribution in [2.75, 3.05) is 19.6 Å². The number of hydrogen-bond acceptors (Lipinski definition) is 4. The first-order chi connectivity index (χ1) is 12.2. The zero-order valence-electron chi connectivity index (χ0n) is 14.4. The predicted octanol–water partition coefficient (Wildman–Crippen LogP) is 1.76. The maximum absolute atomic E-state index is 12.5. The molecule has 0 radical (unpaired) electrons. The van der Waals surface area contributed by atoms with Crippen LogP contribution in [-0.4, -0.2) is 53.0 Å². The van der Waals surface area contributed by atoms with E-state index in [0.29, 0.717) is 24.6 Å². The van der Waals surface area contributed by atoms with E-state index in [2.05, 4.69) is 10.3 Å². The van der Waals surface area contributed by atoms with E-state index in [1.807, 2.05) is 4.90 Å². The normalized spacial score (nSPS) is 25.1. The van der Waals surface area contributed by atoms with Gasteiger partial charge in [0.2, 0.25) is 5.91 Å². The van der Waals surface area contributed by atoms with Crippen molar-refractivity contribution in [3.05, 3.63) is 30.1 Å². The van der Waals surface area contributed by atoms with Gasteiger partial charge in [-0.05, 0) is 56.6 Å². The first-order valence-corrected chi connectivity index (χ1v) is 9.30. The summed E-state index contributed by atoms with van der Waals surface area (Å²) in [5.41, 5.74) is 0.451. The summed E-state index contributed by atoms with van der Waals surface area (Å²) in [6, 6.07) is 3.50. The van der Waals surface area contributed by atoms with E-state index < -0.39 is 0 Å². The zero-order valence-corrected chi connectivity index (χ0v) is 14.4. The number of carbonyl (C=O) groups excluding carboxylic acids is 2. The minimum absolute atomic E-state index is 0.0408. The summed E-state index contributed by atoms with van der Waals surface area (Å²) in [7, 11) is 0. The van der Waals surface area contributed by atoms with Gasteiger partial charge in [0.1, 0.15) is 6.10 Å². The van der Waals surface area contributed by atoms with Crippen LogP contribution in [0.1, 0.15) is 48.9 Å². The quantitative estimate of drug-likeness (QED) is 0.904. The van der Waals surface area contributed by atoms with Crippen LogP contribution in [-0.2, 0) is 9.53 Å². The maximum Gasteiger partial charge on any atom is 0.253 e. The van der Waals surface area contributed by atoms with Gasteiger partial charge in [0, 0.05) is 37.6 Å². The van der Waals surface area contributed by atoms with Gasteiger partial charge < -0.3 is 15.0 Å². The predicted molar refractivity (Wildman–Crippen MR) is 91.9 cm³/mol. The minimum Gasteiger partial charge on any atom is -0.362 e. The van der Waals surface area contributed by atoms with Gasteiger partial charge in [-0.3, -0.25) is 14.6 Å². The first kappa shape index (κ1) is 16.5. The van der Waals surface area contributed by atoms with Crippen LogP contribution < -0.4 is 5.32 Å². The molecule has 1 aromatic rings. The van der Waals surface area contributed by atoms with Crippen LogP contribution in [0.15, 0.2) is 24.5 Å². The molecule has 1 aliphatic carbocycles. The number of carbonyl (C=O) groups is 2. The van der Waals surface area contributed by atoms with Crippen LogP contribution in [0.3, 0.4) is 0 Å². The number of piperidine rings is 1. The molecule has 3 heterocycles. The van der Waals surface area contributed by atoms with Gasteiger partial charge in [0.05, 0.1) is 5.60 Å². The number of likely N-dealkylation sites (tertiary alicyclic amines) is 1. The highest BCUT2D eigenvalue weighted by Gasteiger charge is 2.45. The fourth-order valence-electron chi connectivity index (χ4n) is 3.84. The highest BCUT2D eigenvalue weighted by atomic mass is 16.5. The number of amides is 2. The number of nitrogens with one attached hydrogen (secondary N) is 1. The Bertz CT molecular complexity index is 637. The monoisotopic (exact) mass is 343 g/mol.